The molecule has 15 heavy (non-hydrogen) atoms. The van der Waals surface area contributed by atoms with E-state index in [0.717, 1.165) is 0 Å². The van der Waals surface area contributed by atoms with Crippen LogP contribution < -0.4 is 5.56 Å². The summed E-state index contributed by atoms with van der Waals surface area (Å²) in [5.74, 6) is -0.541. The van der Waals surface area contributed by atoms with Gasteiger partial charge in [0.1, 0.15) is 5.82 Å². The fourth-order valence-electron chi connectivity index (χ4n) is 1.28. The molecule has 0 aliphatic heterocycles. The van der Waals surface area contributed by atoms with Crippen molar-refractivity contribution in [2.45, 2.75) is 0 Å². The zero-order valence-electron chi connectivity index (χ0n) is 7.50. The molecule has 2 aromatic rings. The first-order valence-electron chi connectivity index (χ1n) is 4.17. The van der Waals surface area contributed by atoms with E-state index in [4.69, 9.17) is 11.6 Å². The van der Waals surface area contributed by atoms with Crippen LogP contribution >= 0.6 is 11.6 Å². The van der Waals surface area contributed by atoms with Gasteiger partial charge in [0.2, 0.25) is 0 Å². The number of hydrogen-bond donors (Lipinski definition) is 1. The molecule has 0 saturated carbocycles. The highest BCUT2D eigenvalue weighted by Crippen LogP contribution is 2.27. The minimum atomic E-state index is -0.541. The number of hydrogen-bond acceptors (Lipinski definition) is 2. The minimum absolute atomic E-state index is 0.0773. The van der Waals surface area contributed by atoms with Crippen molar-refractivity contribution in [3.63, 3.8) is 0 Å². The second-order valence-electron chi connectivity index (χ2n) is 2.89. The molecule has 3 nitrogen and oxygen atoms in total. The van der Waals surface area contributed by atoms with Crippen LogP contribution in [0.15, 0.2) is 35.5 Å². The van der Waals surface area contributed by atoms with E-state index in [1.807, 2.05) is 0 Å². The van der Waals surface area contributed by atoms with Crippen molar-refractivity contribution in [2.24, 2.45) is 0 Å². The van der Waals surface area contributed by atoms with Crippen LogP contribution in [0.3, 0.4) is 0 Å². The molecule has 1 aromatic heterocycles. The second-order valence-corrected chi connectivity index (χ2v) is 3.30. The van der Waals surface area contributed by atoms with Gasteiger partial charge in [0.05, 0.1) is 16.9 Å². The molecule has 0 fully saturated rings. The normalized spacial score (nSPS) is 10.3. The molecule has 2 rings (SSSR count). The third-order valence-corrected chi connectivity index (χ3v) is 2.27. The van der Waals surface area contributed by atoms with Crippen molar-refractivity contribution in [2.75, 3.05) is 0 Å². The monoisotopic (exact) mass is 224 g/mol. The maximum Gasteiger partial charge on any atom is 0.258 e. The fourth-order valence-corrected chi connectivity index (χ4v) is 1.54. The minimum Gasteiger partial charge on any atom is -0.313 e. The zero-order valence-corrected chi connectivity index (χ0v) is 8.25. The molecule has 0 aliphatic carbocycles. The van der Waals surface area contributed by atoms with Gasteiger partial charge < -0.3 is 4.98 Å². The predicted molar refractivity (Wildman–Crippen MR) is 55.3 cm³/mol. The molecule has 1 N–H and O–H groups in total. The fraction of sp³-hybridized carbons (Fsp3) is 0. The molecular formula is C10H6ClFN2O. The van der Waals surface area contributed by atoms with E-state index in [-0.39, 0.29) is 16.1 Å². The summed E-state index contributed by atoms with van der Waals surface area (Å²) in [6.45, 7) is 0. The van der Waals surface area contributed by atoms with Crippen LogP contribution in [0.5, 0.6) is 0 Å². The van der Waals surface area contributed by atoms with Crippen molar-refractivity contribution < 1.29 is 4.39 Å². The van der Waals surface area contributed by atoms with Crippen molar-refractivity contribution in [3.05, 3.63) is 51.9 Å². The van der Waals surface area contributed by atoms with Gasteiger partial charge in [-0.15, -0.1) is 0 Å². The van der Waals surface area contributed by atoms with Gasteiger partial charge >= 0.3 is 0 Å². The zero-order chi connectivity index (χ0) is 10.8. The van der Waals surface area contributed by atoms with E-state index in [0.29, 0.717) is 0 Å². The highest BCUT2D eigenvalue weighted by atomic mass is 35.5. The van der Waals surface area contributed by atoms with Gasteiger partial charge in [0.15, 0.2) is 0 Å². The van der Waals surface area contributed by atoms with E-state index in [2.05, 4.69) is 9.97 Å². The molecule has 0 aliphatic rings. The van der Waals surface area contributed by atoms with Crippen molar-refractivity contribution in [1.82, 2.24) is 9.97 Å². The van der Waals surface area contributed by atoms with Crippen LogP contribution in [0.4, 0.5) is 4.39 Å². The summed E-state index contributed by atoms with van der Waals surface area (Å²) in [6, 6.07) is 4.24. The lowest BCUT2D eigenvalue weighted by Crippen LogP contribution is -2.09. The number of aromatic nitrogens is 2. The number of rotatable bonds is 1. The van der Waals surface area contributed by atoms with Crippen molar-refractivity contribution >= 4 is 11.6 Å². The van der Waals surface area contributed by atoms with Crippen LogP contribution in [0.1, 0.15) is 0 Å². The molecule has 5 heteroatoms. The molecule has 0 radical (unpaired) electrons. The number of nitrogens with one attached hydrogen (secondary N) is 1. The van der Waals surface area contributed by atoms with E-state index >= 15 is 0 Å². The molecule has 1 aromatic carbocycles. The van der Waals surface area contributed by atoms with E-state index in [9.17, 15) is 9.18 Å². The smallest absolute Gasteiger partial charge is 0.258 e. The largest absolute Gasteiger partial charge is 0.313 e. The first-order valence-corrected chi connectivity index (χ1v) is 4.55. The third kappa shape index (κ3) is 1.76. The van der Waals surface area contributed by atoms with Gasteiger partial charge in [-0.1, -0.05) is 17.7 Å². The molecule has 0 bridgehead atoms. The van der Waals surface area contributed by atoms with Gasteiger partial charge in [-0.25, -0.2) is 9.37 Å². The average molecular weight is 225 g/mol. The van der Waals surface area contributed by atoms with Crippen LogP contribution in [-0.4, -0.2) is 9.97 Å². The van der Waals surface area contributed by atoms with E-state index in [1.165, 1.54) is 30.7 Å². The number of H-pyrrole nitrogens is 1. The standard InChI is InChI=1S/C10H6ClFN2O/c11-7-2-1-3-8(12)9(7)6-4-13-5-14-10(6)15/h1-5H,(H,13,14,15). The van der Waals surface area contributed by atoms with Gasteiger partial charge in [-0.3, -0.25) is 4.79 Å². The molecule has 76 valence electrons. The van der Waals surface area contributed by atoms with Crippen LogP contribution in [0.2, 0.25) is 5.02 Å². The van der Waals surface area contributed by atoms with Gasteiger partial charge in [-0.05, 0) is 12.1 Å². The Kier molecular flexibility index (Phi) is 2.51. The van der Waals surface area contributed by atoms with Crippen LogP contribution in [0.25, 0.3) is 11.1 Å². The first-order chi connectivity index (χ1) is 7.20. The Hall–Kier alpha value is -1.68. The molecule has 0 atom stereocenters. The summed E-state index contributed by atoms with van der Waals surface area (Å²) in [5, 5.41) is 0.188. The maximum absolute atomic E-state index is 13.5. The lowest BCUT2D eigenvalue weighted by atomic mass is 10.1. The Morgan fingerprint density at radius 1 is 1.40 bits per heavy atom. The van der Waals surface area contributed by atoms with E-state index < -0.39 is 11.4 Å². The molecule has 0 saturated heterocycles. The van der Waals surface area contributed by atoms with Gasteiger partial charge in [-0.2, -0.15) is 0 Å². The Morgan fingerprint density at radius 2 is 2.20 bits per heavy atom. The summed E-state index contributed by atoms with van der Waals surface area (Å²) in [4.78, 5) is 17.5. The lowest BCUT2D eigenvalue weighted by molar-refractivity contribution is 0.631. The first kappa shape index (κ1) is 9.86. The summed E-state index contributed by atoms with van der Waals surface area (Å²) in [5.41, 5.74) is -0.217. The Labute approximate surface area is 89.6 Å². The maximum atomic E-state index is 13.5. The summed E-state index contributed by atoms with van der Waals surface area (Å²) < 4.78 is 13.5. The lowest BCUT2D eigenvalue weighted by Gasteiger charge is -2.03. The summed E-state index contributed by atoms with van der Waals surface area (Å²) >= 11 is 5.82. The SMILES string of the molecule is O=c1[nH]cncc1-c1c(F)cccc1Cl. The summed E-state index contributed by atoms with van der Waals surface area (Å²) in [7, 11) is 0. The molecule has 0 amide bonds. The number of halogens is 2. The highest BCUT2D eigenvalue weighted by Gasteiger charge is 2.12. The second kappa shape index (κ2) is 3.82. The molecule has 0 unspecified atom stereocenters. The van der Waals surface area contributed by atoms with Crippen LogP contribution in [0, 0.1) is 5.82 Å². The van der Waals surface area contributed by atoms with E-state index in [1.54, 1.807) is 0 Å². The van der Waals surface area contributed by atoms with Gasteiger partial charge in [0.25, 0.3) is 5.56 Å². The van der Waals surface area contributed by atoms with Crippen molar-refractivity contribution in [1.29, 1.82) is 0 Å². The highest BCUT2D eigenvalue weighted by molar-refractivity contribution is 6.33. The number of benzene rings is 1. The predicted octanol–water partition coefficient (Wildman–Crippen LogP) is 2.23. The topological polar surface area (TPSA) is 45.8 Å². The van der Waals surface area contributed by atoms with Gasteiger partial charge in [0, 0.05) is 11.8 Å². The van der Waals surface area contributed by atoms with Crippen LogP contribution in [-0.2, 0) is 0 Å². The Balaban J connectivity index is 2.75. The van der Waals surface area contributed by atoms with Crippen molar-refractivity contribution in [3.8, 4) is 11.1 Å². The molecule has 1 heterocycles. The Bertz CT molecular complexity index is 533. The summed E-state index contributed by atoms with van der Waals surface area (Å²) in [6.07, 6.45) is 2.52. The average Bonchev–Trinajstić information content (AvgIpc) is 2.20. The number of nitrogens with zero attached hydrogens (tertiary/aromatic N) is 1. The Morgan fingerprint density at radius 3 is 2.87 bits per heavy atom. The molecular weight excluding hydrogens is 219 g/mol. The third-order valence-electron chi connectivity index (χ3n) is 1.95. The number of aromatic amines is 1. The quantitative estimate of drug-likeness (QED) is 0.808. The molecule has 0 spiro atoms.